The minimum absolute atomic E-state index is 0.00863. The molecule has 330 valence electrons. The van der Waals surface area contributed by atoms with Crippen LogP contribution in [0.4, 0.5) is 0 Å². The van der Waals surface area contributed by atoms with Crippen molar-refractivity contribution in [2.45, 2.75) is 20.8 Å². The van der Waals surface area contributed by atoms with Gasteiger partial charge in [0, 0.05) is 25.2 Å². The average molecular weight is 899 g/mol. The Morgan fingerprint density at radius 2 is 0.647 bits per heavy atom. The standard InChI is InChI=1S/C54H34N4O10/c1-27-14-16-37(28(2)18-27)38-17-15-32(19-29(38)3)58-53(65)45-25-43-44(26-46(45)54(58)66)52(64)57(51(43)63)31-9-6-11-34(21-31)68-36-13-7-12-35(22-36)67-33-10-5-8-30(20-33)56-49(61)41-23-39-40(24-42(41)50(56)62)48(60)55(4)47(39)59/h5-26H,1-4H3. The molecule has 0 aliphatic carbocycles. The van der Waals surface area contributed by atoms with E-state index in [9.17, 15) is 38.4 Å². The van der Waals surface area contributed by atoms with Crippen molar-refractivity contribution < 1.29 is 9.47 Å². The Balaban J connectivity index is 0.866. The zero-order valence-electron chi connectivity index (χ0n) is 36.6. The Bertz CT molecular complexity index is 4300. The van der Waals surface area contributed by atoms with Crippen LogP contribution in [-0.2, 0) is 7.05 Å². The molecule has 11 aromatic rings. The molecule has 4 heterocycles. The molecule has 0 aliphatic heterocycles. The molecular formula is C54H34N4O10. The van der Waals surface area contributed by atoms with Gasteiger partial charge in [0.25, 0.3) is 44.5 Å². The number of ether oxygens (including phenoxy) is 2. The van der Waals surface area contributed by atoms with Gasteiger partial charge < -0.3 is 9.47 Å². The van der Waals surface area contributed by atoms with E-state index in [1.54, 1.807) is 72.8 Å². The zero-order chi connectivity index (χ0) is 47.4. The smallest absolute Gasteiger partial charge is 0.266 e. The third-order valence-electron chi connectivity index (χ3n) is 12.6. The fraction of sp³-hybridized carbons (Fsp3) is 0.0741. The van der Waals surface area contributed by atoms with E-state index >= 15 is 0 Å². The van der Waals surface area contributed by atoms with Crippen molar-refractivity contribution in [3.63, 3.8) is 0 Å². The van der Waals surface area contributed by atoms with Crippen molar-refractivity contribution in [3.8, 4) is 51.2 Å². The minimum atomic E-state index is -0.669. The topological polar surface area (TPSA) is 175 Å². The lowest BCUT2D eigenvalue weighted by molar-refractivity contribution is 0.460. The van der Waals surface area contributed by atoms with Gasteiger partial charge in [0.1, 0.15) is 23.0 Å². The lowest BCUT2D eigenvalue weighted by Crippen LogP contribution is -2.24. The Labute approximate surface area is 381 Å². The second kappa shape index (κ2) is 15.1. The molecule has 0 radical (unpaired) electrons. The van der Waals surface area contributed by atoms with Gasteiger partial charge in [0.2, 0.25) is 0 Å². The third kappa shape index (κ3) is 6.33. The van der Waals surface area contributed by atoms with E-state index in [2.05, 4.69) is 6.07 Å². The first-order chi connectivity index (χ1) is 32.7. The largest absolute Gasteiger partial charge is 0.457 e. The van der Waals surface area contributed by atoms with Crippen LogP contribution in [0.15, 0.2) is 172 Å². The van der Waals surface area contributed by atoms with Crippen LogP contribution < -0.4 is 53.9 Å². The molecule has 0 saturated heterocycles. The number of fused-ring (bicyclic) bond motifs is 4. The SMILES string of the molecule is Cc1ccc(-c2ccc(-n3c(=O)c4cc5c(=O)n(-c6cccc(Oc7cccc(Oc8cccc(-n9c(=O)c%10cc%11c(=O)n(C)c(=O)c%11cc%10c9=O)c8)c7)c6)c(=O)c5cc4c3=O)cc2C)c(C)c1. The highest BCUT2D eigenvalue weighted by molar-refractivity contribution is 5.99. The first-order valence-electron chi connectivity index (χ1n) is 21.4. The van der Waals surface area contributed by atoms with Crippen LogP contribution in [0.3, 0.4) is 0 Å². The maximum atomic E-state index is 13.9. The molecule has 14 nitrogen and oxygen atoms in total. The predicted octanol–water partition coefficient (Wildman–Crippen LogP) is 6.82. The molecule has 0 spiro atoms. The summed E-state index contributed by atoms with van der Waals surface area (Å²) in [6, 6.07) is 36.0. The van der Waals surface area contributed by atoms with Gasteiger partial charge >= 0.3 is 0 Å². The number of hydrogen-bond acceptors (Lipinski definition) is 10. The maximum absolute atomic E-state index is 13.9. The van der Waals surface area contributed by atoms with Gasteiger partial charge in [-0.2, -0.15) is 0 Å². The van der Waals surface area contributed by atoms with Crippen molar-refractivity contribution in [2.75, 3.05) is 0 Å². The summed E-state index contributed by atoms with van der Waals surface area (Å²) in [7, 11) is 1.33. The van der Waals surface area contributed by atoms with E-state index in [0.29, 0.717) is 17.2 Å². The highest BCUT2D eigenvalue weighted by Crippen LogP contribution is 2.32. The van der Waals surface area contributed by atoms with Gasteiger partial charge in [-0.3, -0.25) is 42.9 Å². The van der Waals surface area contributed by atoms with E-state index in [0.717, 1.165) is 46.1 Å². The van der Waals surface area contributed by atoms with E-state index in [4.69, 9.17) is 9.47 Å². The molecule has 0 fully saturated rings. The fourth-order valence-corrected chi connectivity index (χ4v) is 9.22. The fourth-order valence-electron chi connectivity index (χ4n) is 9.22. The Morgan fingerprint density at radius 1 is 0.324 bits per heavy atom. The molecule has 0 aliphatic rings. The van der Waals surface area contributed by atoms with Crippen LogP contribution in [0.2, 0.25) is 0 Å². The molecule has 0 N–H and O–H groups in total. The van der Waals surface area contributed by atoms with Crippen LogP contribution in [0, 0.1) is 20.8 Å². The van der Waals surface area contributed by atoms with Gasteiger partial charge in [-0.1, -0.05) is 48.0 Å². The van der Waals surface area contributed by atoms with Crippen LogP contribution in [0.25, 0.3) is 71.3 Å². The quantitative estimate of drug-likeness (QED) is 0.157. The Hall–Kier alpha value is -9.30. The van der Waals surface area contributed by atoms with Crippen molar-refractivity contribution >= 4 is 43.1 Å². The second-order valence-electron chi connectivity index (χ2n) is 16.9. The molecule has 0 amide bonds. The normalized spacial score (nSPS) is 11.7. The Kier molecular flexibility index (Phi) is 9.22. The predicted molar refractivity (Wildman–Crippen MR) is 261 cm³/mol. The maximum Gasteiger partial charge on any atom is 0.266 e. The van der Waals surface area contributed by atoms with E-state index in [-0.39, 0.29) is 66.0 Å². The molecule has 0 saturated carbocycles. The average Bonchev–Trinajstić information content (AvgIpc) is 3.90. The first kappa shape index (κ1) is 41.4. The number of rotatable bonds is 8. The summed E-state index contributed by atoms with van der Waals surface area (Å²) in [5.41, 5.74) is 0.952. The molecule has 4 aromatic heterocycles. The molecule has 14 heteroatoms. The highest BCUT2D eigenvalue weighted by atomic mass is 16.5. The van der Waals surface area contributed by atoms with Crippen LogP contribution in [-0.4, -0.2) is 18.3 Å². The summed E-state index contributed by atoms with van der Waals surface area (Å²) in [6.07, 6.45) is 0. The lowest BCUT2D eigenvalue weighted by atomic mass is 9.95. The van der Waals surface area contributed by atoms with Crippen molar-refractivity contribution in [2.24, 2.45) is 7.05 Å². The van der Waals surface area contributed by atoms with Gasteiger partial charge in [-0.25, -0.2) is 13.7 Å². The van der Waals surface area contributed by atoms with Crippen LogP contribution >= 0.6 is 0 Å². The monoisotopic (exact) mass is 898 g/mol. The zero-order valence-corrected chi connectivity index (χ0v) is 36.6. The minimum Gasteiger partial charge on any atom is -0.457 e. The van der Waals surface area contributed by atoms with Crippen molar-refractivity contribution in [3.05, 3.63) is 233 Å². The highest BCUT2D eigenvalue weighted by Gasteiger charge is 2.23. The van der Waals surface area contributed by atoms with E-state index < -0.39 is 44.5 Å². The molecule has 0 bridgehead atoms. The summed E-state index contributed by atoms with van der Waals surface area (Å²) in [4.78, 5) is 108. The Morgan fingerprint density at radius 3 is 1.03 bits per heavy atom. The van der Waals surface area contributed by atoms with Crippen molar-refractivity contribution in [1.82, 2.24) is 18.3 Å². The summed E-state index contributed by atoms with van der Waals surface area (Å²) in [6.45, 7) is 5.98. The molecular weight excluding hydrogens is 865 g/mol. The summed E-state index contributed by atoms with van der Waals surface area (Å²) in [5.74, 6) is 1.20. The molecule has 0 unspecified atom stereocenters. The summed E-state index contributed by atoms with van der Waals surface area (Å²) >= 11 is 0. The number of aromatic nitrogens is 4. The number of nitrogens with zero attached hydrogens (tertiary/aromatic N) is 4. The number of benzene rings is 7. The third-order valence-corrected chi connectivity index (χ3v) is 12.6. The number of aryl methyl sites for hydroxylation is 3. The number of hydrogen-bond donors (Lipinski definition) is 0. The van der Waals surface area contributed by atoms with Crippen LogP contribution in [0.5, 0.6) is 23.0 Å². The van der Waals surface area contributed by atoms with Gasteiger partial charge in [-0.15, -0.1) is 0 Å². The first-order valence-corrected chi connectivity index (χ1v) is 21.4. The van der Waals surface area contributed by atoms with Crippen molar-refractivity contribution in [1.29, 1.82) is 0 Å². The van der Waals surface area contributed by atoms with Gasteiger partial charge in [0.15, 0.2) is 0 Å². The molecule has 0 atom stereocenters. The summed E-state index contributed by atoms with van der Waals surface area (Å²) < 4.78 is 16.2. The molecule has 7 aromatic carbocycles. The van der Waals surface area contributed by atoms with Gasteiger partial charge in [0.05, 0.1) is 60.2 Å². The van der Waals surface area contributed by atoms with Gasteiger partial charge in [-0.05, 0) is 116 Å². The lowest BCUT2D eigenvalue weighted by Gasteiger charge is -2.12. The second-order valence-corrected chi connectivity index (χ2v) is 16.9. The van der Waals surface area contributed by atoms with E-state index in [1.165, 1.54) is 43.4 Å². The molecule has 11 rings (SSSR count). The van der Waals surface area contributed by atoms with E-state index in [1.807, 2.05) is 39.0 Å². The molecule has 68 heavy (non-hydrogen) atoms. The van der Waals surface area contributed by atoms with Crippen LogP contribution in [0.1, 0.15) is 16.7 Å². The summed E-state index contributed by atoms with van der Waals surface area (Å²) in [5, 5.41) is 0.174.